The normalized spacial score (nSPS) is 10.6. The molecule has 9 heteroatoms. The average molecular weight is 342 g/mol. The van der Waals surface area contributed by atoms with Crippen LogP contribution in [-0.2, 0) is 4.74 Å². The maximum Gasteiger partial charge on any atom is 0.356 e. The van der Waals surface area contributed by atoms with Crippen molar-refractivity contribution < 1.29 is 14.3 Å². The Balaban J connectivity index is 1.97. The van der Waals surface area contributed by atoms with Crippen LogP contribution >= 0.6 is 0 Å². The Hall–Kier alpha value is -3.62. The van der Waals surface area contributed by atoms with E-state index >= 15 is 0 Å². The number of nitrogens with one attached hydrogen (secondary N) is 4. The summed E-state index contributed by atoms with van der Waals surface area (Å²) in [7, 11) is 1.24. The first-order chi connectivity index (χ1) is 11.9. The molecule has 9 nitrogen and oxygen atoms in total. The van der Waals surface area contributed by atoms with Crippen LogP contribution < -0.4 is 16.6 Å². The summed E-state index contributed by atoms with van der Waals surface area (Å²) in [5.74, 6) is -1.13. The third-order valence-electron chi connectivity index (χ3n) is 3.59. The quantitative estimate of drug-likeness (QED) is 0.524. The van der Waals surface area contributed by atoms with Gasteiger partial charge in [-0.2, -0.15) is 0 Å². The van der Waals surface area contributed by atoms with Crippen LogP contribution in [0.15, 0.2) is 33.9 Å². The number of ether oxygens (including phenoxy) is 1. The minimum Gasteiger partial charge on any atom is -0.464 e. The number of esters is 1. The molecule has 0 spiro atoms. The molecule has 0 saturated heterocycles. The number of aryl methyl sites for hydroxylation is 1. The molecule has 0 radical (unpaired) electrons. The number of fused-ring (bicyclic) bond motifs is 1. The molecule has 2 heterocycles. The highest BCUT2D eigenvalue weighted by Crippen LogP contribution is 2.19. The highest BCUT2D eigenvalue weighted by molar-refractivity contribution is 6.08. The molecule has 0 aliphatic carbocycles. The SMILES string of the molecule is COC(=O)c1[nH]c(C)cc1NC(=O)c1ccc2[nH]c(=O)[nH]c(=O)c2c1. The molecule has 0 aliphatic heterocycles. The van der Waals surface area contributed by atoms with Gasteiger partial charge in [-0.3, -0.25) is 14.6 Å². The molecule has 0 atom stereocenters. The van der Waals surface area contributed by atoms with E-state index in [0.717, 1.165) is 0 Å². The van der Waals surface area contributed by atoms with Crippen molar-refractivity contribution in [3.8, 4) is 0 Å². The Kier molecular flexibility index (Phi) is 3.97. The van der Waals surface area contributed by atoms with Gasteiger partial charge in [-0.1, -0.05) is 0 Å². The van der Waals surface area contributed by atoms with Gasteiger partial charge in [0.15, 0.2) is 0 Å². The molecule has 2 aromatic heterocycles. The van der Waals surface area contributed by atoms with Gasteiger partial charge in [0.1, 0.15) is 5.69 Å². The molecule has 1 amide bonds. The van der Waals surface area contributed by atoms with Gasteiger partial charge in [0.2, 0.25) is 0 Å². The standard InChI is InChI=1S/C16H14N4O5/c1-7-5-11(12(17-7)15(23)25-2)18-13(21)8-3-4-10-9(6-8)14(22)20-16(24)19-10/h3-6,17H,1-2H3,(H,18,21)(H2,19,20,22,24). The van der Waals surface area contributed by atoms with E-state index in [4.69, 9.17) is 0 Å². The second kappa shape index (κ2) is 6.11. The highest BCUT2D eigenvalue weighted by Gasteiger charge is 2.18. The van der Waals surface area contributed by atoms with E-state index in [0.29, 0.717) is 11.2 Å². The highest BCUT2D eigenvalue weighted by atomic mass is 16.5. The number of hydrogen-bond donors (Lipinski definition) is 4. The zero-order valence-corrected chi connectivity index (χ0v) is 13.4. The Labute approximate surface area is 140 Å². The second-order valence-electron chi connectivity index (χ2n) is 5.36. The van der Waals surface area contributed by atoms with Gasteiger partial charge < -0.3 is 20.0 Å². The summed E-state index contributed by atoms with van der Waals surface area (Å²) in [4.78, 5) is 54.7. The predicted molar refractivity (Wildman–Crippen MR) is 90.0 cm³/mol. The number of amides is 1. The lowest BCUT2D eigenvalue weighted by molar-refractivity contribution is 0.0596. The van der Waals surface area contributed by atoms with Gasteiger partial charge in [-0.15, -0.1) is 0 Å². The number of methoxy groups -OCH3 is 1. The first-order valence-corrected chi connectivity index (χ1v) is 7.24. The van der Waals surface area contributed by atoms with Crippen LogP contribution in [0.25, 0.3) is 10.9 Å². The van der Waals surface area contributed by atoms with Crippen molar-refractivity contribution in [2.75, 3.05) is 12.4 Å². The minimum absolute atomic E-state index is 0.122. The second-order valence-corrected chi connectivity index (χ2v) is 5.36. The minimum atomic E-state index is -0.625. The lowest BCUT2D eigenvalue weighted by atomic mass is 10.1. The summed E-state index contributed by atoms with van der Waals surface area (Å²) in [6.45, 7) is 1.73. The Morgan fingerprint density at radius 3 is 2.56 bits per heavy atom. The van der Waals surface area contributed by atoms with Gasteiger partial charge in [0.25, 0.3) is 11.5 Å². The summed E-state index contributed by atoms with van der Waals surface area (Å²) >= 11 is 0. The predicted octanol–water partition coefficient (Wildman–Crippen LogP) is 0.892. The zero-order valence-electron chi connectivity index (χ0n) is 13.4. The molecule has 0 fully saturated rings. The van der Waals surface area contributed by atoms with E-state index in [9.17, 15) is 19.2 Å². The monoisotopic (exact) mass is 342 g/mol. The number of anilines is 1. The van der Waals surface area contributed by atoms with Crippen LogP contribution in [0.4, 0.5) is 5.69 Å². The average Bonchev–Trinajstić information content (AvgIpc) is 2.94. The fraction of sp³-hybridized carbons (Fsp3) is 0.125. The molecular weight excluding hydrogens is 328 g/mol. The Morgan fingerprint density at radius 1 is 1.08 bits per heavy atom. The van der Waals surface area contributed by atoms with E-state index in [1.807, 2.05) is 0 Å². The number of aromatic nitrogens is 3. The molecule has 4 N–H and O–H groups in total. The zero-order chi connectivity index (χ0) is 18.1. The fourth-order valence-electron chi connectivity index (χ4n) is 2.45. The molecule has 0 saturated carbocycles. The van der Waals surface area contributed by atoms with Gasteiger partial charge in [0.05, 0.1) is 23.7 Å². The van der Waals surface area contributed by atoms with Crippen molar-refractivity contribution in [2.45, 2.75) is 6.92 Å². The van der Waals surface area contributed by atoms with E-state index < -0.39 is 23.1 Å². The lowest BCUT2D eigenvalue weighted by Crippen LogP contribution is -2.22. The van der Waals surface area contributed by atoms with Crippen molar-refractivity contribution in [3.05, 3.63) is 62.1 Å². The fourth-order valence-corrected chi connectivity index (χ4v) is 2.45. The van der Waals surface area contributed by atoms with Crippen molar-refractivity contribution in [1.82, 2.24) is 15.0 Å². The maximum atomic E-state index is 12.4. The largest absolute Gasteiger partial charge is 0.464 e. The smallest absolute Gasteiger partial charge is 0.356 e. The van der Waals surface area contributed by atoms with E-state index in [2.05, 4.69) is 25.0 Å². The maximum absolute atomic E-state index is 12.4. The molecule has 0 aliphatic rings. The van der Waals surface area contributed by atoms with Crippen LogP contribution in [0.3, 0.4) is 0 Å². The van der Waals surface area contributed by atoms with Crippen LogP contribution in [-0.4, -0.2) is 33.9 Å². The van der Waals surface area contributed by atoms with Crippen LogP contribution in [0.5, 0.6) is 0 Å². The lowest BCUT2D eigenvalue weighted by Gasteiger charge is -2.06. The molecule has 3 rings (SSSR count). The Bertz CT molecular complexity index is 1110. The number of carbonyl (C=O) groups is 2. The molecule has 3 aromatic rings. The van der Waals surface area contributed by atoms with Gasteiger partial charge >= 0.3 is 11.7 Å². The first kappa shape index (κ1) is 16.2. The molecule has 128 valence electrons. The van der Waals surface area contributed by atoms with Gasteiger partial charge in [-0.25, -0.2) is 9.59 Å². The first-order valence-electron chi connectivity index (χ1n) is 7.24. The number of benzene rings is 1. The van der Waals surface area contributed by atoms with E-state index in [-0.39, 0.29) is 22.3 Å². The summed E-state index contributed by atoms with van der Waals surface area (Å²) in [6, 6.07) is 5.88. The summed E-state index contributed by atoms with van der Waals surface area (Å²) in [6.07, 6.45) is 0. The summed E-state index contributed by atoms with van der Waals surface area (Å²) in [5, 5.41) is 2.78. The van der Waals surface area contributed by atoms with E-state index in [1.54, 1.807) is 13.0 Å². The van der Waals surface area contributed by atoms with Crippen molar-refractivity contribution >= 4 is 28.5 Å². The Morgan fingerprint density at radius 2 is 1.84 bits per heavy atom. The summed E-state index contributed by atoms with van der Waals surface area (Å²) in [5.41, 5.74) is 0.350. The van der Waals surface area contributed by atoms with Gasteiger partial charge in [-0.05, 0) is 31.2 Å². The van der Waals surface area contributed by atoms with Crippen molar-refractivity contribution in [2.24, 2.45) is 0 Å². The molecular formula is C16H14N4O5. The van der Waals surface area contributed by atoms with Crippen LogP contribution in [0.2, 0.25) is 0 Å². The van der Waals surface area contributed by atoms with Crippen LogP contribution in [0.1, 0.15) is 26.5 Å². The number of hydrogen-bond acceptors (Lipinski definition) is 5. The third-order valence-corrected chi connectivity index (χ3v) is 3.59. The summed E-state index contributed by atoms with van der Waals surface area (Å²) < 4.78 is 4.66. The number of H-pyrrole nitrogens is 3. The number of aromatic amines is 3. The number of carbonyl (C=O) groups excluding carboxylic acids is 2. The van der Waals surface area contributed by atoms with Gasteiger partial charge in [0, 0.05) is 11.3 Å². The third kappa shape index (κ3) is 3.07. The van der Waals surface area contributed by atoms with Crippen LogP contribution in [0, 0.1) is 6.92 Å². The molecule has 25 heavy (non-hydrogen) atoms. The topological polar surface area (TPSA) is 137 Å². The van der Waals surface area contributed by atoms with E-state index in [1.165, 1.54) is 25.3 Å². The van der Waals surface area contributed by atoms with Crippen molar-refractivity contribution in [3.63, 3.8) is 0 Å². The molecule has 0 bridgehead atoms. The molecule has 1 aromatic carbocycles. The molecule has 0 unspecified atom stereocenters. The van der Waals surface area contributed by atoms with Crippen molar-refractivity contribution in [1.29, 1.82) is 0 Å². The number of rotatable bonds is 3.